The third-order valence-corrected chi connectivity index (χ3v) is 8.03. The van der Waals surface area contributed by atoms with Crippen LogP contribution in [0, 0.1) is 0 Å². The maximum atomic E-state index is 14.2. The molecule has 0 saturated heterocycles. The van der Waals surface area contributed by atoms with E-state index in [9.17, 15) is 9.59 Å². The second-order valence-corrected chi connectivity index (χ2v) is 10.6. The molecule has 0 N–H and O–H groups in total. The Morgan fingerprint density at radius 2 is 1.69 bits per heavy atom. The largest absolute Gasteiger partial charge is 0.496 e. The van der Waals surface area contributed by atoms with Gasteiger partial charge in [-0.15, -0.1) is 0 Å². The van der Waals surface area contributed by atoms with Crippen molar-refractivity contribution in [3.05, 3.63) is 133 Å². The van der Waals surface area contributed by atoms with Crippen LogP contribution in [0.1, 0.15) is 31.0 Å². The highest BCUT2D eigenvalue weighted by atomic mass is 32.1. The number of hydrogen-bond acceptors (Lipinski definition) is 7. The number of carbonyl (C=O) groups is 1. The SMILES string of the molecule is CCOC(=O)C1=C(C)N=c2s/c(=C\c3cn(-c4ccccc4)nc3-c3ccccc3)c(=O)n2C1c1ccccc1OC. The Bertz CT molecular complexity index is 1990. The molecule has 0 bridgehead atoms. The Kier molecular flexibility index (Phi) is 7.41. The molecule has 0 aliphatic carbocycles. The predicted molar refractivity (Wildman–Crippen MR) is 162 cm³/mol. The summed E-state index contributed by atoms with van der Waals surface area (Å²) < 4.78 is 14.9. The Morgan fingerprint density at radius 3 is 2.40 bits per heavy atom. The van der Waals surface area contributed by atoms with Gasteiger partial charge in [0.15, 0.2) is 4.80 Å². The Hall–Kier alpha value is -5.02. The van der Waals surface area contributed by atoms with E-state index in [-0.39, 0.29) is 12.2 Å². The highest BCUT2D eigenvalue weighted by molar-refractivity contribution is 7.07. The molecule has 0 radical (unpaired) electrons. The lowest BCUT2D eigenvalue weighted by Crippen LogP contribution is -2.40. The number of rotatable bonds is 7. The first-order valence-electron chi connectivity index (χ1n) is 13.5. The maximum absolute atomic E-state index is 14.2. The van der Waals surface area contributed by atoms with Crippen molar-refractivity contribution >= 4 is 23.4 Å². The van der Waals surface area contributed by atoms with E-state index in [1.54, 1.807) is 25.5 Å². The molecule has 9 heteroatoms. The Balaban J connectivity index is 1.58. The van der Waals surface area contributed by atoms with Crippen LogP contribution in [-0.4, -0.2) is 34.0 Å². The van der Waals surface area contributed by atoms with Gasteiger partial charge in [0.2, 0.25) is 0 Å². The standard InChI is InChI=1S/C33H28N4O4S/c1-4-41-32(39)28-21(2)34-33-37(30(28)25-17-11-12-18-26(25)40-3)31(38)27(42-33)19-23-20-36(24-15-9-6-10-16-24)35-29(23)22-13-7-5-8-14-22/h5-20,30H,4H2,1-3H3/b27-19-. The topological polar surface area (TPSA) is 87.7 Å². The van der Waals surface area contributed by atoms with Crippen molar-refractivity contribution in [3.8, 4) is 22.7 Å². The monoisotopic (exact) mass is 576 g/mol. The average molecular weight is 577 g/mol. The van der Waals surface area contributed by atoms with Crippen LogP contribution in [0.2, 0.25) is 0 Å². The molecule has 5 aromatic rings. The minimum atomic E-state index is -0.765. The van der Waals surface area contributed by atoms with Gasteiger partial charge in [0.05, 0.1) is 40.9 Å². The van der Waals surface area contributed by atoms with E-state index in [2.05, 4.69) is 0 Å². The van der Waals surface area contributed by atoms with Gasteiger partial charge < -0.3 is 9.47 Å². The van der Waals surface area contributed by atoms with Crippen molar-refractivity contribution in [1.29, 1.82) is 0 Å². The molecule has 3 aromatic carbocycles. The molecule has 2 aromatic heterocycles. The smallest absolute Gasteiger partial charge is 0.338 e. The number of aromatic nitrogens is 3. The van der Waals surface area contributed by atoms with E-state index in [0.29, 0.717) is 31.9 Å². The van der Waals surface area contributed by atoms with Gasteiger partial charge in [0.1, 0.15) is 11.8 Å². The second kappa shape index (κ2) is 11.5. The van der Waals surface area contributed by atoms with E-state index in [0.717, 1.165) is 22.5 Å². The normalized spacial score (nSPS) is 14.8. The fourth-order valence-corrected chi connectivity index (χ4v) is 6.18. The van der Waals surface area contributed by atoms with E-state index >= 15 is 0 Å². The van der Waals surface area contributed by atoms with Crippen LogP contribution >= 0.6 is 11.3 Å². The molecule has 6 rings (SSSR count). The number of esters is 1. The number of methoxy groups -OCH3 is 1. The molecular formula is C33H28N4O4S. The number of allylic oxidation sites excluding steroid dienone is 1. The van der Waals surface area contributed by atoms with Crippen LogP contribution in [0.4, 0.5) is 0 Å². The highest BCUT2D eigenvalue weighted by Gasteiger charge is 2.35. The van der Waals surface area contributed by atoms with Crippen molar-refractivity contribution < 1.29 is 14.3 Å². The van der Waals surface area contributed by atoms with E-state index in [1.807, 2.05) is 102 Å². The molecule has 1 atom stereocenters. The van der Waals surface area contributed by atoms with Gasteiger partial charge in [-0.25, -0.2) is 14.5 Å². The number of ether oxygens (including phenoxy) is 2. The van der Waals surface area contributed by atoms with Crippen LogP contribution in [-0.2, 0) is 9.53 Å². The van der Waals surface area contributed by atoms with Crippen LogP contribution in [0.15, 0.2) is 112 Å². The molecular weight excluding hydrogens is 548 g/mol. The molecule has 210 valence electrons. The van der Waals surface area contributed by atoms with Gasteiger partial charge in [-0.1, -0.05) is 78.1 Å². The van der Waals surface area contributed by atoms with Crippen LogP contribution in [0.5, 0.6) is 5.75 Å². The lowest BCUT2D eigenvalue weighted by molar-refractivity contribution is -0.139. The minimum Gasteiger partial charge on any atom is -0.496 e. The quantitative estimate of drug-likeness (QED) is 0.263. The summed E-state index contributed by atoms with van der Waals surface area (Å²) in [4.78, 5) is 32.6. The van der Waals surface area contributed by atoms with Crippen LogP contribution in [0.25, 0.3) is 23.0 Å². The molecule has 0 amide bonds. The Morgan fingerprint density at radius 1 is 1.00 bits per heavy atom. The average Bonchev–Trinajstić information content (AvgIpc) is 3.58. The third kappa shape index (κ3) is 4.88. The zero-order valence-electron chi connectivity index (χ0n) is 23.4. The summed E-state index contributed by atoms with van der Waals surface area (Å²) in [6.45, 7) is 3.72. The van der Waals surface area contributed by atoms with Crippen molar-refractivity contribution in [3.63, 3.8) is 0 Å². The lowest BCUT2D eigenvalue weighted by Gasteiger charge is -2.25. The second-order valence-electron chi connectivity index (χ2n) is 9.62. The Labute approximate surface area is 246 Å². The molecule has 0 spiro atoms. The zero-order chi connectivity index (χ0) is 29.2. The molecule has 1 aliphatic heterocycles. The summed E-state index contributed by atoms with van der Waals surface area (Å²) in [6.07, 6.45) is 3.77. The van der Waals surface area contributed by atoms with Gasteiger partial charge in [0.25, 0.3) is 5.56 Å². The van der Waals surface area contributed by atoms with Crippen molar-refractivity contribution in [2.75, 3.05) is 13.7 Å². The molecule has 42 heavy (non-hydrogen) atoms. The van der Waals surface area contributed by atoms with Gasteiger partial charge in [-0.05, 0) is 38.1 Å². The summed E-state index contributed by atoms with van der Waals surface area (Å²) in [5, 5.41) is 4.88. The number of para-hydroxylation sites is 2. The first kappa shape index (κ1) is 27.2. The van der Waals surface area contributed by atoms with Crippen LogP contribution in [0.3, 0.4) is 0 Å². The number of nitrogens with zero attached hydrogens (tertiary/aromatic N) is 4. The number of benzene rings is 3. The molecule has 8 nitrogen and oxygen atoms in total. The van der Waals surface area contributed by atoms with Gasteiger partial charge in [-0.2, -0.15) is 5.10 Å². The fraction of sp³-hybridized carbons (Fsp3) is 0.152. The van der Waals surface area contributed by atoms with Gasteiger partial charge in [-0.3, -0.25) is 9.36 Å². The predicted octanol–water partition coefficient (Wildman–Crippen LogP) is 4.66. The third-order valence-electron chi connectivity index (χ3n) is 7.05. The summed E-state index contributed by atoms with van der Waals surface area (Å²) in [7, 11) is 1.57. The fourth-order valence-electron chi connectivity index (χ4n) is 5.15. The number of hydrogen-bond donors (Lipinski definition) is 0. The van der Waals surface area contributed by atoms with Gasteiger partial charge >= 0.3 is 5.97 Å². The molecule has 1 aliphatic rings. The minimum absolute atomic E-state index is 0.201. The van der Waals surface area contributed by atoms with Crippen molar-refractivity contribution in [2.24, 2.45) is 4.99 Å². The zero-order valence-corrected chi connectivity index (χ0v) is 24.2. The van der Waals surface area contributed by atoms with Gasteiger partial charge in [0, 0.05) is 22.9 Å². The summed E-state index contributed by atoms with van der Waals surface area (Å²) >= 11 is 1.27. The number of carbonyl (C=O) groups excluding carboxylic acids is 1. The highest BCUT2D eigenvalue weighted by Crippen LogP contribution is 2.35. The molecule has 0 saturated carbocycles. The molecule has 1 unspecified atom stereocenters. The van der Waals surface area contributed by atoms with Crippen LogP contribution < -0.4 is 19.6 Å². The molecule has 0 fully saturated rings. The van der Waals surface area contributed by atoms with Crippen molar-refractivity contribution in [2.45, 2.75) is 19.9 Å². The van der Waals surface area contributed by atoms with E-state index in [1.165, 1.54) is 11.3 Å². The lowest BCUT2D eigenvalue weighted by atomic mass is 9.95. The summed E-state index contributed by atoms with van der Waals surface area (Å²) in [5.41, 5.74) is 4.57. The molecule has 3 heterocycles. The number of fused-ring (bicyclic) bond motifs is 1. The first-order valence-corrected chi connectivity index (χ1v) is 14.3. The summed E-state index contributed by atoms with van der Waals surface area (Å²) in [6, 6.07) is 26.3. The first-order chi connectivity index (χ1) is 20.5. The number of thiazole rings is 1. The maximum Gasteiger partial charge on any atom is 0.338 e. The van der Waals surface area contributed by atoms with E-state index in [4.69, 9.17) is 19.6 Å². The van der Waals surface area contributed by atoms with Crippen molar-refractivity contribution in [1.82, 2.24) is 14.3 Å². The van der Waals surface area contributed by atoms with E-state index < -0.39 is 12.0 Å². The summed E-state index contributed by atoms with van der Waals surface area (Å²) in [5.74, 6) is 0.0449.